The molecule has 1 aliphatic rings. The van der Waals surface area contributed by atoms with Gasteiger partial charge in [-0.2, -0.15) is 0 Å². The Morgan fingerprint density at radius 3 is 2.67 bits per heavy atom. The molecule has 1 N–H and O–H groups in total. The molecule has 1 unspecified atom stereocenters. The molecule has 2 rings (SSSR count). The van der Waals surface area contributed by atoms with Crippen LogP contribution in [0.25, 0.3) is 0 Å². The Kier molecular flexibility index (Phi) is 3.55. The Hall–Kier alpha value is -1.98. The van der Waals surface area contributed by atoms with Crippen molar-refractivity contribution in [2.75, 3.05) is 6.54 Å². The van der Waals surface area contributed by atoms with E-state index in [-0.39, 0.29) is 30.8 Å². The summed E-state index contributed by atoms with van der Waals surface area (Å²) in [6.07, 6.45) is 3.24. The van der Waals surface area contributed by atoms with Crippen LogP contribution in [0.15, 0.2) is 18.5 Å². The molecule has 0 radical (unpaired) electrons. The van der Waals surface area contributed by atoms with Crippen LogP contribution in [0, 0.1) is 5.92 Å². The van der Waals surface area contributed by atoms with E-state index >= 15 is 0 Å². The van der Waals surface area contributed by atoms with Gasteiger partial charge in [-0.1, -0.05) is 13.8 Å². The van der Waals surface area contributed by atoms with Gasteiger partial charge in [0.2, 0.25) is 11.8 Å². The van der Waals surface area contributed by atoms with Gasteiger partial charge in [0, 0.05) is 12.4 Å². The van der Waals surface area contributed by atoms with E-state index in [0.29, 0.717) is 5.82 Å². The maximum Gasteiger partial charge on any atom is 0.246 e. The number of nitrogens with one attached hydrogen (secondary N) is 1. The first-order valence-electron chi connectivity index (χ1n) is 5.92. The summed E-state index contributed by atoms with van der Waals surface area (Å²) in [5.41, 5.74) is 0. The summed E-state index contributed by atoms with van der Waals surface area (Å²) in [6, 6.07) is 1.26. The van der Waals surface area contributed by atoms with Crippen LogP contribution in [0.1, 0.15) is 19.7 Å². The van der Waals surface area contributed by atoms with E-state index in [1.165, 1.54) is 4.90 Å². The molecule has 96 valence electrons. The Balaban J connectivity index is 2.12. The molecule has 1 aliphatic heterocycles. The lowest BCUT2D eigenvalue weighted by Gasteiger charge is -2.33. The molecule has 1 aromatic heterocycles. The average molecular weight is 248 g/mol. The van der Waals surface area contributed by atoms with E-state index in [4.69, 9.17) is 0 Å². The predicted molar refractivity (Wildman–Crippen MR) is 64.2 cm³/mol. The third kappa shape index (κ3) is 2.64. The van der Waals surface area contributed by atoms with Crippen LogP contribution < -0.4 is 5.32 Å². The zero-order valence-corrected chi connectivity index (χ0v) is 10.5. The first kappa shape index (κ1) is 12.5. The largest absolute Gasteiger partial charge is 0.343 e. The number of amides is 2. The van der Waals surface area contributed by atoms with Crippen LogP contribution in [-0.2, 0) is 16.1 Å². The standard InChI is InChI=1S/C12H16N4O2/c1-8(2)11-12(18)16(7-10(17)15-11)6-9-13-4-3-5-14-9/h3-5,8,11H,6-7H2,1-2H3,(H,15,17). The molecule has 2 amide bonds. The molecule has 18 heavy (non-hydrogen) atoms. The second-order valence-corrected chi connectivity index (χ2v) is 4.65. The first-order valence-corrected chi connectivity index (χ1v) is 5.92. The minimum absolute atomic E-state index is 0.0697. The van der Waals surface area contributed by atoms with Gasteiger partial charge in [0.25, 0.3) is 0 Å². The minimum Gasteiger partial charge on any atom is -0.343 e. The molecule has 0 aromatic carbocycles. The predicted octanol–water partition coefficient (Wildman–Crippen LogP) is -0.0404. The number of rotatable bonds is 3. The molecule has 0 aliphatic carbocycles. The topological polar surface area (TPSA) is 75.2 Å². The van der Waals surface area contributed by atoms with Gasteiger partial charge in [-0.15, -0.1) is 0 Å². The lowest BCUT2D eigenvalue weighted by atomic mass is 10.0. The third-order valence-electron chi connectivity index (χ3n) is 2.85. The van der Waals surface area contributed by atoms with Crippen molar-refractivity contribution in [1.82, 2.24) is 20.2 Å². The second-order valence-electron chi connectivity index (χ2n) is 4.65. The van der Waals surface area contributed by atoms with Crippen LogP contribution >= 0.6 is 0 Å². The van der Waals surface area contributed by atoms with E-state index in [1.54, 1.807) is 18.5 Å². The molecular weight excluding hydrogens is 232 g/mol. The normalized spacial score (nSPS) is 20.2. The zero-order chi connectivity index (χ0) is 13.1. The van der Waals surface area contributed by atoms with Crippen LogP contribution in [0.5, 0.6) is 0 Å². The highest BCUT2D eigenvalue weighted by molar-refractivity contribution is 5.94. The van der Waals surface area contributed by atoms with Gasteiger partial charge < -0.3 is 10.2 Å². The van der Waals surface area contributed by atoms with Gasteiger partial charge in [-0.25, -0.2) is 9.97 Å². The van der Waals surface area contributed by atoms with Gasteiger partial charge in [0.15, 0.2) is 0 Å². The third-order valence-corrected chi connectivity index (χ3v) is 2.85. The van der Waals surface area contributed by atoms with Gasteiger partial charge in [-0.3, -0.25) is 9.59 Å². The van der Waals surface area contributed by atoms with Crippen LogP contribution in [0.3, 0.4) is 0 Å². The van der Waals surface area contributed by atoms with Crippen molar-refractivity contribution in [3.63, 3.8) is 0 Å². The van der Waals surface area contributed by atoms with Crippen molar-refractivity contribution in [3.8, 4) is 0 Å². The van der Waals surface area contributed by atoms with Gasteiger partial charge in [0.05, 0.1) is 6.54 Å². The summed E-state index contributed by atoms with van der Waals surface area (Å²) >= 11 is 0. The highest BCUT2D eigenvalue weighted by atomic mass is 16.2. The van der Waals surface area contributed by atoms with Crippen molar-refractivity contribution in [2.45, 2.75) is 26.4 Å². The van der Waals surface area contributed by atoms with Crippen molar-refractivity contribution in [1.29, 1.82) is 0 Å². The fraction of sp³-hybridized carbons (Fsp3) is 0.500. The lowest BCUT2D eigenvalue weighted by Crippen LogP contribution is -2.59. The number of piperazine rings is 1. The summed E-state index contributed by atoms with van der Waals surface area (Å²) in [4.78, 5) is 33.4. The Morgan fingerprint density at radius 2 is 2.06 bits per heavy atom. The minimum atomic E-state index is -0.449. The molecule has 6 heteroatoms. The first-order chi connectivity index (χ1) is 8.58. The van der Waals surface area contributed by atoms with Crippen molar-refractivity contribution in [2.24, 2.45) is 5.92 Å². The number of carbonyl (C=O) groups excluding carboxylic acids is 2. The molecular formula is C12H16N4O2. The maximum absolute atomic E-state index is 12.2. The van der Waals surface area contributed by atoms with Crippen molar-refractivity contribution < 1.29 is 9.59 Å². The molecule has 1 saturated heterocycles. The summed E-state index contributed by atoms with van der Waals surface area (Å²) in [5, 5.41) is 2.71. The smallest absolute Gasteiger partial charge is 0.246 e. The van der Waals surface area contributed by atoms with E-state index < -0.39 is 6.04 Å². The van der Waals surface area contributed by atoms with Gasteiger partial charge in [-0.05, 0) is 12.0 Å². The zero-order valence-electron chi connectivity index (χ0n) is 10.5. The Labute approximate surface area is 105 Å². The molecule has 0 bridgehead atoms. The van der Waals surface area contributed by atoms with Gasteiger partial charge >= 0.3 is 0 Å². The summed E-state index contributed by atoms with van der Waals surface area (Å²) in [7, 11) is 0. The maximum atomic E-state index is 12.2. The monoisotopic (exact) mass is 248 g/mol. The summed E-state index contributed by atoms with van der Waals surface area (Å²) in [5.74, 6) is 0.408. The Morgan fingerprint density at radius 1 is 1.39 bits per heavy atom. The Bertz CT molecular complexity index is 447. The fourth-order valence-corrected chi connectivity index (χ4v) is 1.90. The highest BCUT2D eigenvalue weighted by Gasteiger charge is 2.34. The quantitative estimate of drug-likeness (QED) is 0.814. The molecule has 1 aromatic rings. The van der Waals surface area contributed by atoms with E-state index in [9.17, 15) is 9.59 Å². The number of aromatic nitrogens is 2. The van der Waals surface area contributed by atoms with E-state index in [2.05, 4.69) is 15.3 Å². The van der Waals surface area contributed by atoms with Gasteiger partial charge in [0.1, 0.15) is 18.4 Å². The van der Waals surface area contributed by atoms with Crippen LogP contribution in [0.2, 0.25) is 0 Å². The summed E-state index contributed by atoms with van der Waals surface area (Å²) < 4.78 is 0. The number of carbonyl (C=O) groups is 2. The molecule has 0 spiro atoms. The fourth-order valence-electron chi connectivity index (χ4n) is 1.90. The molecule has 1 fully saturated rings. The number of hydrogen-bond acceptors (Lipinski definition) is 4. The summed E-state index contributed by atoms with van der Waals surface area (Å²) in [6.45, 7) is 4.16. The number of hydrogen-bond donors (Lipinski definition) is 1. The van der Waals surface area contributed by atoms with E-state index in [1.807, 2.05) is 13.8 Å². The lowest BCUT2D eigenvalue weighted by molar-refractivity contribution is -0.146. The van der Waals surface area contributed by atoms with Crippen molar-refractivity contribution >= 4 is 11.8 Å². The molecule has 6 nitrogen and oxygen atoms in total. The van der Waals surface area contributed by atoms with Crippen LogP contribution in [-0.4, -0.2) is 39.3 Å². The molecule has 0 saturated carbocycles. The average Bonchev–Trinajstić information content (AvgIpc) is 2.34. The second kappa shape index (κ2) is 5.12. The van der Waals surface area contributed by atoms with E-state index in [0.717, 1.165) is 0 Å². The van der Waals surface area contributed by atoms with Crippen LogP contribution in [0.4, 0.5) is 0 Å². The number of nitrogens with zero attached hydrogens (tertiary/aromatic N) is 3. The SMILES string of the molecule is CC(C)C1NC(=O)CN(Cc2ncccn2)C1=O. The van der Waals surface area contributed by atoms with Crippen molar-refractivity contribution in [3.05, 3.63) is 24.3 Å². The molecule has 1 atom stereocenters. The molecule has 2 heterocycles. The highest BCUT2D eigenvalue weighted by Crippen LogP contribution is 2.12.